The SMILES string of the molecule is COc1ccc(CC(=O)NCC(c2cccs2)S(=O)(=O)c2ccccc2)cc1. The molecule has 3 aromatic rings. The van der Waals surface area contributed by atoms with Crippen LogP contribution >= 0.6 is 11.3 Å². The molecule has 1 heterocycles. The Hall–Kier alpha value is -2.64. The maximum Gasteiger partial charge on any atom is 0.224 e. The summed E-state index contributed by atoms with van der Waals surface area (Å²) in [5, 5.41) is 3.79. The average molecular weight is 416 g/mol. The van der Waals surface area contributed by atoms with Crippen molar-refractivity contribution in [3.63, 3.8) is 0 Å². The van der Waals surface area contributed by atoms with E-state index in [0.717, 1.165) is 11.3 Å². The van der Waals surface area contributed by atoms with Gasteiger partial charge in [-0.2, -0.15) is 0 Å². The molecule has 1 atom stereocenters. The number of sulfone groups is 1. The van der Waals surface area contributed by atoms with Gasteiger partial charge in [0.1, 0.15) is 11.0 Å². The topological polar surface area (TPSA) is 72.5 Å². The van der Waals surface area contributed by atoms with Crippen LogP contribution < -0.4 is 10.1 Å². The fraction of sp³-hybridized carbons (Fsp3) is 0.190. The highest BCUT2D eigenvalue weighted by atomic mass is 32.2. The van der Waals surface area contributed by atoms with Crippen molar-refractivity contribution < 1.29 is 17.9 Å². The van der Waals surface area contributed by atoms with Gasteiger partial charge in [-0.25, -0.2) is 8.42 Å². The Kier molecular flexibility index (Phi) is 6.49. The maximum atomic E-state index is 13.1. The average Bonchev–Trinajstić information content (AvgIpc) is 3.23. The van der Waals surface area contributed by atoms with Crippen molar-refractivity contribution in [2.45, 2.75) is 16.6 Å². The van der Waals surface area contributed by atoms with E-state index in [0.29, 0.717) is 4.88 Å². The van der Waals surface area contributed by atoms with E-state index >= 15 is 0 Å². The highest BCUT2D eigenvalue weighted by Gasteiger charge is 2.30. The Morgan fingerprint density at radius 3 is 2.36 bits per heavy atom. The van der Waals surface area contributed by atoms with Crippen LogP contribution in [0.5, 0.6) is 5.75 Å². The molecule has 0 aliphatic rings. The van der Waals surface area contributed by atoms with Crippen LogP contribution in [-0.2, 0) is 21.1 Å². The van der Waals surface area contributed by atoms with Crippen LogP contribution in [0, 0.1) is 0 Å². The summed E-state index contributed by atoms with van der Waals surface area (Å²) in [7, 11) is -2.04. The summed E-state index contributed by atoms with van der Waals surface area (Å²) in [4.78, 5) is 13.3. The molecule has 3 rings (SSSR count). The van der Waals surface area contributed by atoms with Gasteiger partial charge < -0.3 is 10.1 Å². The van der Waals surface area contributed by atoms with Gasteiger partial charge in [0.05, 0.1) is 18.4 Å². The minimum atomic E-state index is -3.62. The zero-order valence-corrected chi connectivity index (χ0v) is 17.0. The largest absolute Gasteiger partial charge is 0.497 e. The van der Waals surface area contributed by atoms with Gasteiger partial charge in [0.25, 0.3) is 0 Å². The third-order valence-corrected chi connectivity index (χ3v) is 7.55. The van der Waals surface area contributed by atoms with Gasteiger partial charge in [0.2, 0.25) is 5.91 Å². The molecule has 0 radical (unpaired) electrons. The number of thiophene rings is 1. The van der Waals surface area contributed by atoms with E-state index in [-0.39, 0.29) is 23.8 Å². The van der Waals surface area contributed by atoms with Crippen molar-refractivity contribution in [3.05, 3.63) is 82.6 Å². The smallest absolute Gasteiger partial charge is 0.224 e. The number of hydrogen-bond acceptors (Lipinski definition) is 5. The van der Waals surface area contributed by atoms with Crippen molar-refractivity contribution in [2.24, 2.45) is 0 Å². The molecule has 0 bridgehead atoms. The van der Waals surface area contributed by atoms with Crippen LogP contribution in [0.2, 0.25) is 0 Å². The predicted molar refractivity (Wildman–Crippen MR) is 110 cm³/mol. The second-order valence-electron chi connectivity index (χ2n) is 6.19. The van der Waals surface area contributed by atoms with Crippen LogP contribution in [-0.4, -0.2) is 28.0 Å². The lowest BCUT2D eigenvalue weighted by atomic mass is 10.1. The van der Waals surface area contributed by atoms with E-state index in [9.17, 15) is 13.2 Å². The standard InChI is InChI=1S/C21H21NO4S2/c1-26-17-11-9-16(10-12-17)14-21(23)22-15-20(19-8-5-13-27-19)28(24,25)18-6-3-2-4-7-18/h2-13,20H,14-15H2,1H3,(H,22,23). The summed E-state index contributed by atoms with van der Waals surface area (Å²) >= 11 is 1.37. The molecular weight excluding hydrogens is 394 g/mol. The Bertz CT molecular complexity index is 998. The van der Waals surface area contributed by atoms with E-state index in [1.807, 2.05) is 23.6 Å². The van der Waals surface area contributed by atoms with Crippen LogP contribution in [0.15, 0.2) is 77.0 Å². The third kappa shape index (κ3) is 4.79. The summed E-state index contributed by atoms with van der Waals surface area (Å²) in [6, 6.07) is 19.1. The first kappa shape index (κ1) is 20.1. The van der Waals surface area contributed by atoms with Gasteiger partial charge in [0.15, 0.2) is 9.84 Å². The van der Waals surface area contributed by atoms with Gasteiger partial charge in [-0.15, -0.1) is 11.3 Å². The molecule has 0 saturated carbocycles. The summed E-state index contributed by atoms with van der Waals surface area (Å²) in [6.45, 7) is 0.0206. The Labute approximate surface area is 168 Å². The number of hydrogen-bond donors (Lipinski definition) is 1. The van der Waals surface area contributed by atoms with E-state index in [2.05, 4.69) is 5.32 Å². The third-order valence-electron chi connectivity index (χ3n) is 4.32. The molecule has 146 valence electrons. The molecular formula is C21H21NO4S2. The summed E-state index contributed by atoms with van der Waals surface area (Å²) in [5.41, 5.74) is 0.830. The number of benzene rings is 2. The van der Waals surface area contributed by atoms with Crippen molar-refractivity contribution in [1.29, 1.82) is 0 Å². The molecule has 0 aliphatic heterocycles. The molecule has 0 fully saturated rings. The zero-order chi connectivity index (χ0) is 20.0. The second kappa shape index (κ2) is 9.03. The summed E-state index contributed by atoms with van der Waals surface area (Å²) in [5.74, 6) is 0.492. The lowest BCUT2D eigenvalue weighted by Crippen LogP contribution is -2.32. The molecule has 2 aromatic carbocycles. The normalized spacial score (nSPS) is 12.3. The van der Waals surface area contributed by atoms with Crippen molar-refractivity contribution in [1.82, 2.24) is 5.32 Å². The monoisotopic (exact) mass is 415 g/mol. The quantitative estimate of drug-likeness (QED) is 0.610. The highest BCUT2D eigenvalue weighted by Crippen LogP contribution is 2.31. The fourth-order valence-electron chi connectivity index (χ4n) is 2.81. The minimum Gasteiger partial charge on any atom is -0.497 e. The van der Waals surface area contributed by atoms with Gasteiger partial charge in [-0.1, -0.05) is 36.4 Å². The molecule has 7 heteroatoms. The number of ether oxygens (including phenoxy) is 1. The summed E-state index contributed by atoms with van der Waals surface area (Å²) < 4.78 is 31.3. The number of rotatable bonds is 8. The predicted octanol–water partition coefficient (Wildman–Crippen LogP) is 3.63. The zero-order valence-electron chi connectivity index (χ0n) is 15.4. The summed E-state index contributed by atoms with van der Waals surface area (Å²) in [6.07, 6.45) is 0.173. The molecule has 28 heavy (non-hydrogen) atoms. The van der Waals surface area contributed by atoms with Gasteiger partial charge >= 0.3 is 0 Å². The number of carbonyl (C=O) groups is 1. The minimum absolute atomic E-state index is 0.0206. The number of nitrogens with one attached hydrogen (secondary N) is 1. The van der Waals surface area contributed by atoms with E-state index in [1.54, 1.807) is 55.6 Å². The van der Waals surface area contributed by atoms with Crippen molar-refractivity contribution in [3.8, 4) is 5.75 Å². The lowest BCUT2D eigenvalue weighted by Gasteiger charge is -2.17. The number of carbonyl (C=O) groups excluding carboxylic acids is 1. The molecule has 0 aliphatic carbocycles. The Morgan fingerprint density at radius 2 is 1.75 bits per heavy atom. The Balaban J connectivity index is 1.73. The first-order chi connectivity index (χ1) is 13.5. The molecule has 0 saturated heterocycles. The van der Waals surface area contributed by atoms with Crippen molar-refractivity contribution >= 4 is 27.1 Å². The molecule has 1 aromatic heterocycles. The van der Waals surface area contributed by atoms with Crippen LogP contribution in [0.1, 0.15) is 15.7 Å². The van der Waals surface area contributed by atoms with Crippen LogP contribution in [0.3, 0.4) is 0 Å². The number of amides is 1. The lowest BCUT2D eigenvalue weighted by molar-refractivity contribution is -0.120. The van der Waals surface area contributed by atoms with Crippen molar-refractivity contribution in [2.75, 3.05) is 13.7 Å². The van der Waals surface area contributed by atoms with Crippen LogP contribution in [0.4, 0.5) is 0 Å². The molecule has 1 N–H and O–H groups in total. The number of methoxy groups -OCH3 is 1. The van der Waals surface area contributed by atoms with Crippen LogP contribution in [0.25, 0.3) is 0 Å². The van der Waals surface area contributed by atoms with E-state index in [4.69, 9.17) is 4.74 Å². The van der Waals surface area contributed by atoms with Gasteiger partial charge in [-0.05, 0) is 41.3 Å². The van der Waals surface area contributed by atoms with Gasteiger partial charge in [0, 0.05) is 11.4 Å². The highest BCUT2D eigenvalue weighted by molar-refractivity contribution is 7.91. The van der Waals surface area contributed by atoms with E-state index in [1.165, 1.54) is 11.3 Å². The molecule has 1 unspecified atom stereocenters. The molecule has 1 amide bonds. The van der Waals surface area contributed by atoms with Gasteiger partial charge in [-0.3, -0.25) is 4.79 Å². The first-order valence-electron chi connectivity index (χ1n) is 8.72. The Morgan fingerprint density at radius 1 is 1.04 bits per heavy atom. The fourth-order valence-corrected chi connectivity index (χ4v) is 5.62. The first-order valence-corrected chi connectivity index (χ1v) is 11.2. The maximum absolute atomic E-state index is 13.1. The molecule has 5 nitrogen and oxygen atoms in total. The second-order valence-corrected chi connectivity index (χ2v) is 9.30. The van der Waals surface area contributed by atoms with E-state index < -0.39 is 15.1 Å². The molecule has 0 spiro atoms.